The molecule has 0 unspecified atom stereocenters. The van der Waals surface area contributed by atoms with E-state index in [2.05, 4.69) is 43.3 Å². The molecule has 0 fully saturated rings. The maximum Gasteiger partial charge on any atom is 0.303 e. The van der Waals surface area contributed by atoms with Gasteiger partial charge in [0.05, 0.1) is 0 Å². The second-order valence-electron chi connectivity index (χ2n) is 6.26. The van der Waals surface area contributed by atoms with Crippen molar-refractivity contribution in [3.63, 3.8) is 0 Å². The molecule has 1 aromatic carbocycles. The van der Waals surface area contributed by atoms with Gasteiger partial charge in [-0.15, -0.1) is 0 Å². The molecule has 0 aromatic heterocycles. The number of aryl methyl sites for hydroxylation is 1. The van der Waals surface area contributed by atoms with E-state index >= 15 is 0 Å². The number of rotatable bonds is 13. The van der Waals surface area contributed by atoms with E-state index in [1.165, 1.54) is 56.1 Å². The Balaban J connectivity index is 2.30. The van der Waals surface area contributed by atoms with E-state index in [4.69, 9.17) is 5.11 Å². The average Bonchev–Trinajstić information content (AvgIpc) is 2.54. The van der Waals surface area contributed by atoms with Crippen LogP contribution in [0.25, 0.3) is 6.08 Å². The quantitative estimate of drug-likeness (QED) is 0.437. The van der Waals surface area contributed by atoms with E-state index in [0.717, 1.165) is 12.8 Å². The first kappa shape index (κ1) is 19.5. The predicted molar refractivity (Wildman–Crippen MR) is 98.7 cm³/mol. The third-order valence-electron chi connectivity index (χ3n) is 4.16. The lowest BCUT2D eigenvalue weighted by Gasteiger charge is -2.06. The number of aliphatic carboxylic acids is 1. The number of allylic oxidation sites excluding steroid dienone is 1. The Bertz CT molecular complexity index is 463. The van der Waals surface area contributed by atoms with E-state index in [1.807, 2.05) is 0 Å². The van der Waals surface area contributed by atoms with Crippen LogP contribution in [-0.4, -0.2) is 11.1 Å². The first-order chi connectivity index (χ1) is 11.2. The van der Waals surface area contributed by atoms with E-state index in [9.17, 15) is 4.79 Å². The van der Waals surface area contributed by atoms with Crippen LogP contribution < -0.4 is 0 Å². The minimum absolute atomic E-state index is 0.254. The summed E-state index contributed by atoms with van der Waals surface area (Å²) in [6.45, 7) is 2.26. The van der Waals surface area contributed by atoms with Crippen molar-refractivity contribution in [1.29, 1.82) is 0 Å². The minimum Gasteiger partial charge on any atom is -0.481 e. The van der Waals surface area contributed by atoms with E-state index < -0.39 is 5.97 Å². The largest absolute Gasteiger partial charge is 0.481 e. The summed E-state index contributed by atoms with van der Waals surface area (Å²) in [5, 5.41) is 8.64. The molecule has 0 radical (unpaired) electrons. The van der Waals surface area contributed by atoms with Crippen molar-refractivity contribution < 1.29 is 9.90 Å². The van der Waals surface area contributed by atoms with Crippen LogP contribution in [0.3, 0.4) is 0 Å². The number of carbonyl (C=O) groups is 1. The molecule has 0 saturated carbocycles. The van der Waals surface area contributed by atoms with Gasteiger partial charge in [0.2, 0.25) is 0 Å². The predicted octanol–water partition coefficient (Wildman–Crippen LogP) is 6.25. The van der Waals surface area contributed by atoms with E-state index in [-0.39, 0.29) is 6.42 Å². The van der Waals surface area contributed by atoms with Crippen LogP contribution in [0.5, 0.6) is 0 Å². The number of benzene rings is 1. The molecule has 0 saturated heterocycles. The van der Waals surface area contributed by atoms with Crippen LogP contribution in [0.15, 0.2) is 30.3 Å². The Morgan fingerprint density at radius 1 is 1.00 bits per heavy atom. The topological polar surface area (TPSA) is 37.3 Å². The monoisotopic (exact) mass is 316 g/mol. The van der Waals surface area contributed by atoms with Gasteiger partial charge in [-0.2, -0.15) is 0 Å². The Labute approximate surface area is 141 Å². The van der Waals surface area contributed by atoms with Gasteiger partial charge in [-0.1, -0.05) is 81.9 Å². The molecule has 23 heavy (non-hydrogen) atoms. The van der Waals surface area contributed by atoms with E-state index in [0.29, 0.717) is 6.42 Å². The molecule has 0 heterocycles. The minimum atomic E-state index is -0.710. The zero-order chi connectivity index (χ0) is 16.8. The molecule has 1 N–H and O–H groups in total. The molecular formula is C21H32O2. The van der Waals surface area contributed by atoms with Crippen molar-refractivity contribution in [2.75, 3.05) is 0 Å². The SMILES string of the molecule is CCCCCCCCCc1ccccc1/C=C/CCCC(=O)O. The van der Waals surface area contributed by atoms with Gasteiger partial charge in [0.1, 0.15) is 0 Å². The van der Waals surface area contributed by atoms with Gasteiger partial charge < -0.3 is 5.11 Å². The lowest BCUT2D eigenvalue weighted by molar-refractivity contribution is -0.137. The normalized spacial score (nSPS) is 11.2. The molecule has 0 spiro atoms. The first-order valence-electron chi connectivity index (χ1n) is 9.20. The zero-order valence-corrected chi connectivity index (χ0v) is 14.6. The Morgan fingerprint density at radius 3 is 2.43 bits per heavy atom. The van der Waals surface area contributed by atoms with Crippen molar-refractivity contribution in [1.82, 2.24) is 0 Å². The first-order valence-corrected chi connectivity index (χ1v) is 9.20. The molecule has 0 aliphatic carbocycles. The molecule has 1 rings (SSSR count). The summed E-state index contributed by atoms with van der Waals surface area (Å²) in [5.41, 5.74) is 2.70. The highest BCUT2D eigenvalue weighted by Gasteiger charge is 1.99. The van der Waals surface area contributed by atoms with Crippen molar-refractivity contribution in [2.24, 2.45) is 0 Å². The molecule has 0 atom stereocenters. The summed E-state index contributed by atoms with van der Waals surface area (Å²) >= 11 is 0. The summed E-state index contributed by atoms with van der Waals surface area (Å²) in [7, 11) is 0. The standard InChI is InChI=1S/C21H32O2/c1-2-3-4-5-6-7-9-14-19-16-12-13-17-20(19)15-10-8-11-18-21(22)23/h10,12-13,15-17H,2-9,11,14,18H2,1H3,(H,22,23)/b15-10+. The molecule has 1 aromatic rings. The number of hydrogen-bond donors (Lipinski definition) is 1. The van der Waals surface area contributed by atoms with Gasteiger partial charge in [-0.05, 0) is 36.8 Å². The lowest BCUT2D eigenvalue weighted by atomic mass is 9.99. The van der Waals surface area contributed by atoms with Gasteiger partial charge in [0.15, 0.2) is 0 Å². The van der Waals surface area contributed by atoms with Crippen LogP contribution in [-0.2, 0) is 11.2 Å². The smallest absolute Gasteiger partial charge is 0.303 e. The molecule has 0 aliphatic rings. The lowest BCUT2D eigenvalue weighted by Crippen LogP contribution is -1.92. The third kappa shape index (κ3) is 9.93. The summed E-state index contributed by atoms with van der Waals surface area (Å²) < 4.78 is 0. The summed E-state index contributed by atoms with van der Waals surface area (Å²) in [6, 6.07) is 8.56. The molecule has 0 amide bonds. The zero-order valence-electron chi connectivity index (χ0n) is 14.6. The highest BCUT2D eigenvalue weighted by molar-refractivity contribution is 5.66. The summed E-state index contributed by atoms with van der Waals surface area (Å²) in [5.74, 6) is -0.710. The second-order valence-corrected chi connectivity index (χ2v) is 6.26. The molecule has 0 bridgehead atoms. The van der Waals surface area contributed by atoms with Crippen molar-refractivity contribution in [3.05, 3.63) is 41.5 Å². The number of carboxylic acids is 1. The molecule has 0 aliphatic heterocycles. The number of hydrogen-bond acceptors (Lipinski definition) is 1. The molecule has 2 heteroatoms. The van der Waals surface area contributed by atoms with Gasteiger partial charge in [0, 0.05) is 6.42 Å². The Hall–Kier alpha value is -1.57. The van der Waals surface area contributed by atoms with Gasteiger partial charge >= 0.3 is 5.97 Å². The van der Waals surface area contributed by atoms with Gasteiger partial charge in [0.25, 0.3) is 0 Å². The highest BCUT2D eigenvalue weighted by atomic mass is 16.4. The van der Waals surface area contributed by atoms with Crippen molar-refractivity contribution in [2.45, 2.75) is 77.6 Å². The molecule has 2 nitrogen and oxygen atoms in total. The number of unbranched alkanes of at least 4 members (excludes halogenated alkanes) is 7. The summed E-state index contributed by atoms with van der Waals surface area (Å²) in [6.07, 6.45) is 16.6. The average molecular weight is 316 g/mol. The fraction of sp³-hybridized carbons (Fsp3) is 0.571. The van der Waals surface area contributed by atoms with Crippen LogP contribution in [0.4, 0.5) is 0 Å². The van der Waals surface area contributed by atoms with Crippen LogP contribution in [0.2, 0.25) is 0 Å². The van der Waals surface area contributed by atoms with Crippen LogP contribution in [0, 0.1) is 0 Å². The third-order valence-corrected chi connectivity index (χ3v) is 4.16. The molecule has 128 valence electrons. The van der Waals surface area contributed by atoms with Gasteiger partial charge in [-0.3, -0.25) is 4.79 Å². The van der Waals surface area contributed by atoms with Crippen molar-refractivity contribution >= 4 is 12.0 Å². The van der Waals surface area contributed by atoms with Crippen LogP contribution in [0.1, 0.15) is 82.3 Å². The Morgan fingerprint density at radius 2 is 1.70 bits per heavy atom. The van der Waals surface area contributed by atoms with Crippen LogP contribution >= 0.6 is 0 Å². The maximum atomic E-state index is 10.5. The summed E-state index contributed by atoms with van der Waals surface area (Å²) in [4.78, 5) is 10.5. The van der Waals surface area contributed by atoms with Crippen molar-refractivity contribution in [3.8, 4) is 0 Å². The molecular weight excluding hydrogens is 284 g/mol. The highest BCUT2D eigenvalue weighted by Crippen LogP contribution is 2.16. The maximum absolute atomic E-state index is 10.5. The van der Waals surface area contributed by atoms with Gasteiger partial charge in [-0.25, -0.2) is 0 Å². The number of carboxylic acid groups (broad SMARTS) is 1. The van der Waals surface area contributed by atoms with E-state index in [1.54, 1.807) is 0 Å². The Kier molecular flexibility index (Phi) is 10.9. The second kappa shape index (κ2) is 12.9. The fourth-order valence-electron chi connectivity index (χ4n) is 2.78. The fourth-order valence-corrected chi connectivity index (χ4v) is 2.78.